The van der Waals surface area contributed by atoms with E-state index in [1.54, 1.807) is 0 Å². The van der Waals surface area contributed by atoms with E-state index in [9.17, 15) is 19.1 Å². The number of anilines is 1. The normalized spacial score (nSPS) is 24.5. The van der Waals surface area contributed by atoms with Gasteiger partial charge < -0.3 is 15.7 Å². The number of nitrogens with one attached hydrogen (secondary N) is 2. The topological polar surface area (TPSA) is 78.4 Å². The Bertz CT molecular complexity index is 643. The van der Waals surface area contributed by atoms with Gasteiger partial charge in [0.1, 0.15) is 5.82 Å². The fourth-order valence-electron chi connectivity index (χ4n) is 2.83. The van der Waals surface area contributed by atoms with Gasteiger partial charge in [-0.05, 0) is 49.8 Å². The summed E-state index contributed by atoms with van der Waals surface area (Å²) >= 11 is 0. The largest absolute Gasteiger partial charge is 0.388 e. The Morgan fingerprint density at radius 2 is 2.09 bits per heavy atom. The summed E-state index contributed by atoms with van der Waals surface area (Å²) in [6, 6.07) is 3.71. The molecule has 6 heteroatoms. The maximum absolute atomic E-state index is 13.5. The molecular formula is C17H21FN2O3. The van der Waals surface area contributed by atoms with E-state index in [0.29, 0.717) is 24.4 Å². The molecule has 1 aromatic carbocycles. The summed E-state index contributed by atoms with van der Waals surface area (Å²) in [4.78, 5) is 24.3. The van der Waals surface area contributed by atoms with Crippen molar-refractivity contribution in [2.24, 2.45) is 11.8 Å². The molecule has 2 fully saturated rings. The van der Waals surface area contributed by atoms with Crippen LogP contribution in [-0.4, -0.2) is 29.1 Å². The zero-order chi connectivity index (χ0) is 16.6. The van der Waals surface area contributed by atoms with E-state index in [-0.39, 0.29) is 23.9 Å². The van der Waals surface area contributed by atoms with Crippen LogP contribution in [0.4, 0.5) is 10.1 Å². The van der Waals surface area contributed by atoms with Gasteiger partial charge in [0.15, 0.2) is 0 Å². The fourth-order valence-corrected chi connectivity index (χ4v) is 2.83. The molecule has 2 saturated carbocycles. The minimum absolute atomic E-state index is 0.0355. The van der Waals surface area contributed by atoms with Gasteiger partial charge >= 0.3 is 0 Å². The van der Waals surface area contributed by atoms with Gasteiger partial charge in [0.25, 0.3) is 5.91 Å². The monoisotopic (exact) mass is 320 g/mol. The highest BCUT2D eigenvalue weighted by molar-refractivity contribution is 6.04. The second kappa shape index (κ2) is 5.92. The van der Waals surface area contributed by atoms with Crippen LogP contribution >= 0.6 is 0 Å². The van der Waals surface area contributed by atoms with E-state index in [0.717, 1.165) is 18.9 Å². The summed E-state index contributed by atoms with van der Waals surface area (Å²) in [6.45, 7) is 2.12. The van der Waals surface area contributed by atoms with Gasteiger partial charge in [0.2, 0.25) is 5.91 Å². The molecule has 2 aliphatic rings. The molecule has 0 bridgehead atoms. The summed E-state index contributed by atoms with van der Waals surface area (Å²) in [5.74, 6) is -0.873. The molecule has 23 heavy (non-hydrogen) atoms. The van der Waals surface area contributed by atoms with Crippen molar-refractivity contribution in [2.45, 2.75) is 38.2 Å². The molecule has 0 saturated heterocycles. The first-order chi connectivity index (χ1) is 10.9. The van der Waals surface area contributed by atoms with Crippen LogP contribution in [0.2, 0.25) is 0 Å². The van der Waals surface area contributed by atoms with Crippen molar-refractivity contribution in [2.75, 3.05) is 11.9 Å². The SMILES string of the molecule is CC1CC1C(=O)Nc1ccc(F)cc1C(=O)NCC1(O)CCC1. The van der Waals surface area contributed by atoms with E-state index in [2.05, 4.69) is 10.6 Å². The van der Waals surface area contributed by atoms with Crippen LogP contribution < -0.4 is 10.6 Å². The summed E-state index contributed by atoms with van der Waals surface area (Å²) in [5, 5.41) is 15.4. The lowest BCUT2D eigenvalue weighted by atomic mass is 9.80. The molecule has 0 radical (unpaired) electrons. The van der Waals surface area contributed by atoms with E-state index in [1.165, 1.54) is 12.1 Å². The highest BCUT2D eigenvalue weighted by Gasteiger charge is 2.39. The Labute approximate surface area is 134 Å². The van der Waals surface area contributed by atoms with E-state index in [4.69, 9.17) is 0 Å². The predicted octanol–water partition coefficient (Wildman–Crippen LogP) is 2.06. The van der Waals surface area contributed by atoms with Gasteiger partial charge in [-0.3, -0.25) is 9.59 Å². The third-order valence-electron chi connectivity index (χ3n) is 4.79. The lowest BCUT2D eigenvalue weighted by Gasteiger charge is -2.36. The molecule has 2 aliphatic carbocycles. The first kappa shape index (κ1) is 15.9. The first-order valence-electron chi connectivity index (χ1n) is 7.99. The number of amides is 2. The summed E-state index contributed by atoms with van der Waals surface area (Å²) in [6.07, 6.45) is 3.08. The quantitative estimate of drug-likeness (QED) is 0.777. The van der Waals surface area contributed by atoms with Gasteiger partial charge in [0, 0.05) is 12.5 Å². The second-order valence-electron chi connectivity index (χ2n) is 6.76. The maximum atomic E-state index is 13.5. The molecule has 3 rings (SSSR count). The molecule has 124 valence electrons. The number of hydrogen-bond donors (Lipinski definition) is 3. The molecule has 2 amide bonds. The molecule has 3 N–H and O–H groups in total. The molecule has 0 aliphatic heterocycles. The molecule has 2 unspecified atom stereocenters. The molecule has 0 spiro atoms. The van der Waals surface area contributed by atoms with Crippen LogP contribution in [-0.2, 0) is 4.79 Å². The number of benzene rings is 1. The van der Waals surface area contributed by atoms with Crippen LogP contribution in [0.25, 0.3) is 0 Å². The van der Waals surface area contributed by atoms with E-state index in [1.807, 2.05) is 6.92 Å². The molecule has 2 atom stereocenters. The van der Waals surface area contributed by atoms with Gasteiger partial charge in [-0.25, -0.2) is 4.39 Å². The van der Waals surface area contributed by atoms with Gasteiger partial charge in [-0.15, -0.1) is 0 Å². The number of rotatable bonds is 5. The van der Waals surface area contributed by atoms with Gasteiger partial charge in [-0.1, -0.05) is 6.92 Å². The van der Waals surface area contributed by atoms with Crippen LogP contribution in [0.1, 0.15) is 43.0 Å². The lowest BCUT2D eigenvalue weighted by Crippen LogP contribution is -2.47. The van der Waals surface area contributed by atoms with E-state index >= 15 is 0 Å². The zero-order valence-corrected chi connectivity index (χ0v) is 13.1. The first-order valence-corrected chi connectivity index (χ1v) is 7.99. The van der Waals surface area contributed by atoms with Crippen molar-refractivity contribution in [3.8, 4) is 0 Å². The summed E-state index contributed by atoms with van der Waals surface area (Å²) in [5.41, 5.74) is -0.473. The third-order valence-corrected chi connectivity index (χ3v) is 4.79. The Morgan fingerprint density at radius 3 is 2.65 bits per heavy atom. The van der Waals surface area contributed by atoms with Gasteiger partial charge in [-0.2, -0.15) is 0 Å². The molecule has 0 heterocycles. The van der Waals surface area contributed by atoms with E-state index < -0.39 is 17.3 Å². The highest BCUT2D eigenvalue weighted by Crippen LogP contribution is 2.38. The predicted molar refractivity (Wildman–Crippen MR) is 83.4 cm³/mol. The minimum Gasteiger partial charge on any atom is -0.388 e. The van der Waals surface area contributed by atoms with Crippen molar-refractivity contribution in [3.05, 3.63) is 29.6 Å². The Kier molecular flexibility index (Phi) is 4.10. The lowest BCUT2D eigenvalue weighted by molar-refractivity contribution is -0.117. The highest BCUT2D eigenvalue weighted by atomic mass is 19.1. The van der Waals surface area contributed by atoms with Crippen LogP contribution in [0.5, 0.6) is 0 Å². The molecule has 5 nitrogen and oxygen atoms in total. The number of aliphatic hydroxyl groups is 1. The fraction of sp³-hybridized carbons (Fsp3) is 0.529. The summed E-state index contributed by atoms with van der Waals surface area (Å²) in [7, 11) is 0. The van der Waals surface area contributed by atoms with Gasteiger partial charge in [0.05, 0.1) is 16.9 Å². The average molecular weight is 320 g/mol. The molecule has 1 aromatic rings. The number of halogens is 1. The summed E-state index contributed by atoms with van der Waals surface area (Å²) < 4.78 is 13.5. The second-order valence-corrected chi connectivity index (χ2v) is 6.76. The number of hydrogen-bond acceptors (Lipinski definition) is 3. The van der Waals surface area contributed by atoms with Crippen LogP contribution in [0.3, 0.4) is 0 Å². The van der Waals surface area contributed by atoms with Crippen molar-refractivity contribution >= 4 is 17.5 Å². The zero-order valence-electron chi connectivity index (χ0n) is 13.1. The minimum atomic E-state index is -0.851. The maximum Gasteiger partial charge on any atom is 0.253 e. The van der Waals surface area contributed by atoms with Crippen LogP contribution in [0.15, 0.2) is 18.2 Å². The number of carbonyl (C=O) groups excluding carboxylic acids is 2. The van der Waals surface area contributed by atoms with Crippen molar-refractivity contribution in [3.63, 3.8) is 0 Å². The Morgan fingerprint density at radius 1 is 1.39 bits per heavy atom. The Balaban J connectivity index is 1.70. The molecule has 0 aromatic heterocycles. The number of carbonyl (C=O) groups is 2. The van der Waals surface area contributed by atoms with Crippen molar-refractivity contribution in [1.82, 2.24) is 5.32 Å². The third kappa shape index (κ3) is 3.52. The van der Waals surface area contributed by atoms with Crippen molar-refractivity contribution in [1.29, 1.82) is 0 Å². The Hall–Kier alpha value is -1.95. The van der Waals surface area contributed by atoms with Crippen LogP contribution in [0, 0.1) is 17.7 Å². The van der Waals surface area contributed by atoms with Crippen molar-refractivity contribution < 1.29 is 19.1 Å². The smallest absolute Gasteiger partial charge is 0.253 e. The molecular weight excluding hydrogens is 299 g/mol. The average Bonchev–Trinajstić information content (AvgIpc) is 3.21. The standard InChI is InChI=1S/C17H21FN2O3/c1-10-7-12(10)16(22)20-14-4-3-11(18)8-13(14)15(21)19-9-17(23)5-2-6-17/h3-4,8,10,12,23H,2,5-7,9H2,1H3,(H,19,21)(H,20,22).